The van der Waals surface area contributed by atoms with Crippen molar-refractivity contribution in [1.29, 1.82) is 0 Å². The van der Waals surface area contributed by atoms with Gasteiger partial charge in [-0.2, -0.15) is 0 Å². The summed E-state index contributed by atoms with van der Waals surface area (Å²) >= 11 is 3.17. The fourth-order valence-electron chi connectivity index (χ4n) is 1.65. The first-order chi connectivity index (χ1) is 8.31. The summed E-state index contributed by atoms with van der Waals surface area (Å²) in [4.78, 5) is 25.6. The molecule has 1 aliphatic rings. The van der Waals surface area contributed by atoms with E-state index in [-0.39, 0.29) is 28.7 Å². The molecule has 0 radical (unpaired) electrons. The summed E-state index contributed by atoms with van der Waals surface area (Å²) in [5.41, 5.74) is 0.348. The molecule has 96 valence electrons. The monoisotopic (exact) mass is 313 g/mol. The molecule has 1 atom stereocenters. The summed E-state index contributed by atoms with van der Waals surface area (Å²) in [5, 5.41) is 13.5. The molecule has 1 aromatic heterocycles. The van der Waals surface area contributed by atoms with Gasteiger partial charge in [-0.25, -0.2) is 0 Å². The van der Waals surface area contributed by atoms with E-state index in [1.54, 1.807) is 0 Å². The van der Waals surface area contributed by atoms with Crippen LogP contribution in [0.1, 0.15) is 30.6 Å². The van der Waals surface area contributed by atoms with Gasteiger partial charge in [-0.15, -0.1) is 0 Å². The van der Waals surface area contributed by atoms with E-state index >= 15 is 0 Å². The first-order valence-corrected chi connectivity index (χ1v) is 6.21. The van der Waals surface area contributed by atoms with Crippen LogP contribution < -0.4 is 5.32 Å². The molecule has 7 heteroatoms. The number of halogens is 1. The summed E-state index contributed by atoms with van der Waals surface area (Å²) in [6.07, 6.45) is 2.19. The average molecular weight is 314 g/mol. The van der Waals surface area contributed by atoms with Crippen LogP contribution in [0.5, 0.6) is 0 Å². The Morgan fingerprint density at radius 2 is 2.28 bits per heavy atom. The van der Waals surface area contributed by atoms with Gasteiger partial charge in [-0.3, -0.25) is 4.79 Å². The first-order valence-electron chi connectivity index (χ1n) is 5.42. The second kappa shape index (κ2) is 4.31. The summed E-state index contributed by atoms with van der Waals surface area (Å²) in [6, 6.07) is 1.30. The molecule has 18 heavy (non-hydrogen) atoms. The number of carbonyl (C=O) groups is 1. The van der Waals surface area contributed by atoms with Gasteiger partial charge in [0.2, 0.25) is 0 Å². The van der Waals surface area contributed by atoms with E-state index < -0.39 is 4.92 Å². The quantitative estimate of drug-likeness (QED) is 0.685. The Labute approximate surface area is 112 Å². The van der Waals surface area contributed by atoms with Crippen LogP contribution in [0.4, 0.5) is 5.82 Å². The smallest absolute Gasteiger partial charge is 0.358 e. The average Bonchev–Trinajstić information content (AvgIpc) is 2.85. The Morgan fingerprint density at radius 1 is 1.67 bits per heavy atom. The summed E-state index contributed by atoms with van der Waals surface area (Å²) < 4.78 is 0.448. The van der Waals surface area contributed by atoms with Gasteiger partial charge >= 0.3 is 5.82 Å². The Bertz CT molecular complexity index is 530. The van der Waals surface area contributed by atoms with Crippen LogP contribution >= 0.6 is 15.9 Å². The number of nitro groups is 1. The van der Waals surface area contributed by atoms with Crippen molar-refractivity contribution in [3.8, 4) is 0 Å². The predicted octanol–water partition coefficient (Wildman–Crippen LogP) is 2.28. The van der Waals surface area contributed by atoms with Gasteiger partial charge in [0.15, 0.2) is 6.20 Å². The third-order valence-corrected chi connectivity index (χ3v) is 3.72. The Hall–Kier alpha value is -1.50. The number of aromatic nitrogens is 1. The lowest BCUT2D eigenvalue weighted by Crippen LogP contribution is -2.28. The number of hydrogen-bond acceptors (Lipinski definition) is 4. The Kier molecular flexibility index (Phi) is 3.10. The number of nitrogens with one attached hydrogen (secondary N) is 1. The molecular weight excluding hydrogens is 302 g/mol. The lowest BCUT2D eigenvalue weighted by atomic mass is 10.2. The van der Waals surface area contributed by atoms with Crippen molar-refractivity contribution in [3.63, 3.8) is 0 Å². The van der Waals surface area contributed by atoms with E-state index in [1.807, 2.05) is 0 Å². The number of nitrogens with zero attached hydrogens (tertiary/aromatic N) is 2. The maximum absolute atomic E-state index is 12.0. The molecule has 1 fully saturated rings. The molecule has 1 heterocycles. The SMILES string of the molecule is CC1(C)CC1NC(=O)c1cc([N+](=O)[O-])ncc1Br. The standard InChI is InChI=1S/C11H12BrN3O3/c1-11(2)4-8(11)14-10(16)6-3-9(15(17)18)13-5-7(6)12/h3,5,8H,4H2,1-2H3,(H,14,16). The topological polar surface area (TPSA) is 85.1 Å². The van der Waals surface area contributed by atoms with E-state index in [2.05, 4.69) is 40.1 Å². The lowest BCUT2D eigenvalue weighted by Gasteiger charge is -2.07. The zero-order chi connectivity index (χ0) is 13.5. The van der Waals surface area contributed by atoms with Crippen LogP contribution in [0.15, 0.2) is 16.7 Å². The van der Waals surface area contributed by atoms with Crippen molar-refractivity contribution < 1.29 is 9.72 Å². The number of hydrogen-bond donors (Lipinski definition) is 1. The molecule has 1 N–H and O–H groups in total. The van der Waals surface area contributed by atoms with E-state index in [1.165, 1.54) is 12.3 Å². The van der Waals surface area contributed by atoms with Crippen molar-refractivity contribution in [1.82, 2.24) is 10.3 Å². The van der Waals surface area contributed by atoms with Gasteiger partial charge in [0, 0.05) is 12.1 Å². The van der Waals surface area contributed by atoms with Crippen molar-refractivity contribution in [2.24, 2.45) is 5.41 Å². The molecular formula is C11H12BrN3O3. The van der Waals surface area contributed by atoms with Crippen LogP contribution in [0.2, 0.25) is 0 Å². The molecule has 6 nitrogen and oxygen atoms in total. The molecule has 0 aliphatic heterocycles. The zero-order valence-electron chi connectivity index (χ0n) is 9.94. The maximum atomic E-state index is 12.0. The lowest BCUT2D eigenvalue weighted by molar-refractivity contribution is -0.389. The van der Waals surface area contributed by atoms with Crippen LogP contribution in [-0.4, -0.2) is 21.9 Å². The molecule has 0 saturated heterocycles. The van der Waals surface area contributed by atoms with Crippen molar-refractivity contribution in [2.45, 2.75) is 26.3 Å². The van der Waals surface area contributed by atoms with E-state index in [0.29, 0.717) is 4.47 Å². The van der Waals surface area contributed by atoms with E-state index in [4.69, 9.17) is 0 Å². The van der Waals surface area contributed by atoms with Crippen molar-refractivity contribution in [3.05, 3.63) is 32.4 Å². The molecule has 1 aromatic rings. The fourth-order valence-corrected chi connectivity index (χ4v) is 2.05. The second-order valence-electron chi connectivity index (χ2n) is 5.00. The van der Waals surface area contributed by atoms with Crippen LogP contribution in [0.25, 0.3) is 0 Å². The second-order valence-corrected chi connectivity index (χ2v) is 5.85. The highest BCUT2D eigenvalue weighted by Gasteiger charge is 2.46. The zero-order valence-corrected chi connectivity index (χ0v) is 11.5. The highest BCUT2D eigenvalue weighted by molar-refractivity contribution is 9.10. The Balaban J connectivity index is 2.19. The van der Waals surface area contributed by atoms with Gasteiger partial charge in [0.1, 0.15) is 0 Å². The molecule has 1 aliphatic carbocycles. The molecule has 0 bridgehead atoms. The largest absolute Gasteiger partial charge is 0.364 e. The van der Waals surface area contributed by atoms with Crippen molar-refractivity contribution in [2.75, 3.05) is 0 Å². The fraction of sp³-hybridized carbons (Fsp3) is 0.455. The molecule has 2 rings (SSSR count). The summed E-state index contributed by atoms with van der Waals surface area (Å²) in [7, 11) is 0. The third-order valence-electron chi connectivity index (χ3n) is 3.09. The normalized spacial score (nSPS) is 20.3. The van der Waals surface area contributed by atoms with E-state index in [9.17, 15) is 14.9 Å². The maximum Gasteiger partial charge on any atom is 0.364 e. The minimum absolute atomic E-state index is 0.112. The van der Waals surface area contributed by atoms with Gasteiger partial charge in [-0.1, -0.05) is 13.8 Å². The van der Waals surface area contributed by atoms with Gasteiger partial charge in [0.25, 0.3) is 5.91 Å². The Morgan fingerprint density at radius 3 is 2.78 bits per heavy atom. The number of carbonyl (C=O) groups excluding carboxylic acids is 1. The van der Waals surface area contributed by atoms with Crippen LogP contribution in [-0.2, 0) is 0 Å². The molecule has 1 amide bonds. The minimum Gasteiger partial charge on any atom is -0.358 e. The summed E-state index contributed by atoms with van der Waals surface area (Å²) in [6.45, 7) is 4.12. The summed E-state index contributed by atoms with van der Waals surface area (Å²) in [5.74, 6) is -0.652. The van der Waals surface area contributed by atoms with Crippen LogP contribution in [0.3, 0.4) is 0 Å². The minimum atomic E-state index is -0.621. The predicted molar refractivity (Wildman–Crippen MR) is 68.2 cm³/mol. The van der Waals surface area contributed by atoms with Crippen molar-refractivity contribution >= 4 is 27.7 Å². The van der Waals surface area contributed by atoms with E-state index in [0.717, 1.165) is 6.42 Å². The molecule has 1 saturated carbocycles. The van der Waals surface area contributed by atoms with Gasteiger partial charge in [0.05, 0.1) is 10.0 Å². The number of amides is 1. The molecule has 1 unspecified atom stereocenters. The number of pyridine rings is 1. The molecule has 0 aromatic carbocycles. The van der Waals surface area contributed by atoms with Gasteiger partial charge < -0.3 is 15.4 Å². The highest BCUT2D eigenvalue weighted by atomic mass is 79.9. The highest BCUT2D eigenvalue weighted by Crippen LogP contribution is 2.44. The number of rotatable bonds is 3. The first kappa shape index (κ1) is 12.9. The third kappa shape index (κ3) is 2.50. The molecule has 0 spiro atoms. The van der Waals surface area contributed by atoms with Crippen LogP contribution in [0, 0.1) is 15.5 Å². The van der Waals surface area contributed by atoms with Gasteiger partial charge in [-0.05, 0) is 37.7 Å².